The topological polar surface area (TPSA) is 69.4 Å². The Bertz CT molecular complexity index is 2380. The highest BCUT2D eigenvalue weighted by Gasteiger charge is 2.21. The SMILES string of the molecule is c1ccc2c(c1)oc1c2c(-c2ccc(-c3ccc(-c4nc5ccccn5n4)cc3)cc2)nc2oc3ccccc3c21. The first-order chi connectivity index (χ1) is 20.3. The standard InChI is InChI=1S/C35H20N4O2/c1-3-9-27-25(7-1)30-32(37-35-31(33(30)40-27)26-8-2-4-10-28(26)41-35)23-16-12-21(13-17-23)22-14-18-24(19-15-22)34-36-29-11-5-6-20-39(29)38-34/h1-20H. The van der Waals surface area contributed by atoms with Gasteiger partial charge in [0, 0.05) is 28.1 Å². The molecule has 6 heteroatoms. The molecule has 6 nitrogen and oxygen atoms in total. The van der Waals surface area contributed by atoms with E-state index in [1.165, 1.54) is 0 Å². The number of nitrogens with zero attached hydrogens (tertiary/aromatic N) is 4. The molecule has 0 aliphatic heterocycles. The molecule has 0 bridgehead atoms. The summed E-state index contributed by atoms with van der Waals surface area (Å²) in [6.45, 7) is 0. The fraction of sp³-hybridized carbons (Fsp3) is 0. The van der Waals surface area contributed by atoms with Crippen LogP contribution in [0.4, 0.5) is 0 Å². The molecule has 0 amide bonds. The third kappa shape index (κ3) is 3.34. The van der Waals surface area contributed by atoms with Crippen molar-refractivity contribution in [2.75, 3.05) is 0 Å². The van der Waals surface area contributed by atoms with Gasteiger partial charge in [0.2, 0.25) is 5.71 Å². The molecular weight excluding hydrogens is 508 g/mol. The molecule has 192 valence electrons. The van der Waals surface area contributed by atoms with Gasteiger partial charge in [0.25, 0.3) is 0 Å². The van der Waals surface area contributed by atoms with Crippen LogP contribution in [0.3, 0.4) is 0 Å². The maximum Gasteiger partial charge on any atom is 0.231 e. The number of hydrogen-bond donors (Lipinski definition) is 0. The van der Waals surface area contributed by atoms with Crippen LogP contribution in [0.15, 0.2) is 130 Å². The van der Waals surface area contributed by atoms with Crippen molar-refractivity contribution in [3.05, 3.63) is 121 Å². The first-order valence-electron chi connectivity index (χ1n) is 13.5. The molecule has 0 unspecified atom stereocenters. The minimum atomic E-state index is 0.577. The van der Waals surface area contributed by atoms with Gasteiger partial charge in [-0.3, -0.25) is 0 Å². The van der Waals surface area contributed by atoms with Crippen molar-refractivity contribution in [3.8, 4) is 33.8 Å². The Morgan fingerprint density at radius 1 is 0.512 bits per heavy atom. The molecule has 0 saturated carbocycles. The molecule has 0 N–H and O–H groups in total. The second kappa shape index (κ2) is 8.37. The van der Waals surface area contributed by atoms with Crippen molar-refractivity contribution in [1.82, 2.24) is 19.6 Å². The van der Waals surface area contributed by atoms with E-state index in [2.05, 4.69) is 70.7 Å². The van der Waals surface area contributed by atoms with E-state index in [9.17, 15) is 0 Å². The molecule has 5 heterocycles. The summed E-state index contributed by atoms with van der Waals surface area (Å²) >= 11 is 0. The van der Waals surface area contributed by atoms with E-state index >= 15 is 0 Å². The first kappa shape index (κ1) is 22.1. The second-order valence-electron chi connectivity index (χ2n) is 10.1. The number of benzene rings is 4. The van der Waals surface area contributed by atoms with Crippen molar-refractivity contribution >= 4 is 49.7 Å². The largest absolute Gasteiger partial charge is 0.455 e. The Kier molecular flexibility index (Phi) is 4.51. The van der Waals surface area contributed by atoms with Crippen molar-refractivity contribution in [1.29, 1.82) is 0 Å². The molecule has 5 aromatic heterocycles. The summed E-state index contributed by atoms with van der Waals surface area (Å²) in [4.78, 5) is 9.69. The third-order valence-electron chi connectivity index (χ3n) is 7.73. The Morgan fingerprint density at radius 3 is 1.85 bits per heavy atom. The molecule has 41 heavy (non-hydrogen) atoms. The molecule has 0 saturated heterocycles. The van der Waals surface area contributed by atoms with Gasteiger partial charge in [-0.05, 0) is 35.4 Å². The zero-order chi connectivity index (χ0) is 26.9. The van der Waals surface area contributed by atoms with Crippen LogP contribution in [-0.2, 0) is 0 Å². The van der Waals surface area contributed by atoms with Crippen LogP contribution in [0.25, 0.3) is 83.4 Å². The van der Waals surface area contributed by atoms with Gasteiger partial charge in [-0.15, -0.1) is 5.10 Å². The van der Waals surface area contributed by atoms with Crippen molar-refractivity contribution in [2.45, 2.75) is 0 Å². The highest BCUT2D eigenvalue weighted by molar-refractivity contribution is 6.24. The summed E-state index contributed by atoms with van der Waals surface area (Å²) < 4.78 is 14.4. The molecular formula is C35H20N4O2. The fourth-order valence-electron chi connectivity index (χ4n) is 5.74. The maximum atomic E-state index is 6.44. The second-order valence-corrected chi connectivity index (χ2v) is 10.1. The van der Waals surface area contributed by atoms with E-state index in [0.717, 1.165) is 71.9 Å². The zero-order valence-corrected chi connectivity index (χ0v) is 21.7. The first-order valence-corrected chi connectivity index (χ1v) is 13.5. The molecule has 9 rings (SSSR count). The summed E-state index contributed by atoms with van der Waals surface area (Å²) in [6.07, 6.45) is 1.91. The Morgan fingerprint density at radius 2 is 1.12 bits per heavy atom. The van der Waals surface area contributed by atoms with Gasteiger partial charge >= 0.3 is 0 Å². The lowest BCUT2D eigenvalue weighted by atomic mass is 9.99. The number of furan rings is 2. The van der Waals surface area contributed by atoms with E-state index in [1.54, 1.807) is 4.52 Å². The molecule has 4 aromatic carbocycles. The van der Waals surface area contributed by atoms with Gasteiger partial charge in [0.05, 0.1) is 16.5 Å². The van der Waals surface area contributed by atoms with Gasteiger partial charge in [-0.1, -0.05) is 91.0 Å². The summed E-state index contributed by atoms with van der Waals surface area (Å²) in [7, 11) is 0. The van der Waals surface area contributed by atoms with Crippen LogP contribution in [0, 0.1) is 0 Å². The molecule has 0 aliphatic carbocycles. The van der Waals surface area contributed by atoms with Gasteiger partial charge in [0.15, 0.2) is 17.1 Å². The maximum absolute atomic E-state index is 6.44. The van der Waals surface area contributed by atoms with Crippen LogP contribution in [0.1, 0.15) is 0 Å². The average Bonchev–Trinajstić information content (AvgIpc) is 3.74. The predicted molar refractivity (Wildman–Crippen MR) is 162 cm³/mol. The Labute approximate surface area is 233 Å². The Hall–Kier alpha value is -5.75. The normalized spacial score (nSPS) is 11.9. The van der Waals surface area contributed by atoms with Gasteiger partial charge in [0.1, 0.15) is 11.2 Å². The van der Waals surface area contributed by atoms with Gasteiger partial charge in [-0.25, -0.2) is 14.5 Å². The highest BCUT2D eigenvalue weighted by Crippen LogP contribution is 2.42. The zero-order valence-electron chi connectivity index (χ0n) is 21.7. The monoisotopic (exact) mass is 528 g/mol. The lowest BCUT2D eigenvalue weighted by molar-refractivity contribution is 0.651. The van der Waals surface area contributed by atoms with Crippen molar-refractivity contribution in [2.24, 2.45) is 0 Å². The van der Waals surface area contributed by atoms with E-state index in [4.69, 9.17) is 13.8 Å². The summed E-state index contributed by atoms with van der Waals surface area (Å²) in [5, 5.41) is 8.54. The molecule has 0 spiro atoms. The number of aromatic nitrogens is 4. The number of hydrogen-bond acceptors (Lipinski definition) is 5. The summed E-state index contributed by atoms with van der Waals surface area (Å²) in [5.41, 5.74) is 8.89. The predicted octanol–water partition coefficient (Wildman–Crippen LogP) is 8.92. The third-order valence-corrected chi connectivity index (χ3v) is 7.73. The smallest absolute Gasteiger partial charge is 0.231 e. The quantitative estimate of drug-likeness (QED) is 0.229. The molecule has 9 aromatic rings. The van der Waals surface area contributed by atoms with Crippen molar-refractivity contribution in [3.63, 3.8) is 0 Å². The van der Waals surface area contributed by atoms with Crippen molar-refractivity contribution < 1.29 is 8.83 Å². The summed E-state index contributed by atoms with van der Waals surface area (Å²) in [6, 6.07) is 38.8. The minimum absolute atomic E-state index is 0.577. The number of para-hydroxylation sites is 2. The van der Waals surface area contributed by atoms with E-state index in [-0.39, 0.29) is 0 Å². The average molecular weight is 529 g/mol. The van der Waals surface area contributed by atoms with Crippen LogP contribution >= 0.6 is 0 Å². The lowest BCUT2D eigenvalue weighted by Crippen LogP contribution is -1.87. The number of pyridine rings is 2. The summed E-state index contributed by atoms with van der Waals surface area (Å²) in [5.74, 6) is 0.710. The van der Waals surface area contributed by atoms with E-state index in [0.29, 0.717) is 11.5 Å². The molecule has 0 fully saturated rings. The van der Waals surface area contributed by atoms with Crippen LogP contribution in [-0.4, -0.2) is 19.6 Å². The lowest BCUT2D eigenvalue weighted by Gasteiger charge is -2.07. The van der Waals surface area contributed by atoms with E-state index < -0.39 is 0 Å². The highest BCUT2D eigenvalue weighted by atomic mass is 16.4. The number of fused-ring (bicyclic) bond motifs is 8. The fourth-order valence-corrected chi connectivity index (χ4v) is 5.74. The molecule has 0 aliphatic rings. The molecule has 0 radical (unpaired) electrons. The number of rotatable bonds is 3. The van der Waals surface area contributed by atoms with Gasteiger partial charge in [-0.2, -0.15) is 0 Å². The molecule has 0 atom stereocenters. The minimum Gasteiger partial charge on any atom is -0.455 e. The van der Waals surface area contributed by atoms with Crippen LogP contribution in [0.2, 0.25) is 0 Å². The van der Waals surface area contributed by atoms with Crippen LogP contribution < -0.4 is 0 Å². The van der Waals surface area contributed by atoms with E-state index in [1.807, 2.05) is 60.8 Å². The van der Waals surface area contributed by atoms with Gasteiger partial charge < -0.3 is 8.83 Å². The Balaban J connectivity index is 1.15. The van der Waals surface area contributed by atoms with Crippen LogP contribution in [0.5, 0.6) is 0 Å².